The quantitative estimate of drug-likeness (QED) is 0.718. The van der Waals surface area contributed by atoms with Crippen LogP contribution in [0, 0.1) is 0 Å². The molecule has 3 aromatic rings. The lowest BCUT2D eigenvalue weighted by Crippen LogP contribution is -2.23. The molecule has 5 heteroatoms. The number of hydrogen-bond donors (Lipinski definition) is 2. The molecule has 4 rings (SSSR count). The predicted octanol–water partition coefficient (Wildman–Crippen LogP) is 3.04. The second-order valence-electron chi connectivity index (χ2n) is 6.63. The molecule has 26 heavy (non-hydrogen) atoms. The average molecular weight is 346 g/mol. The Morgan fingerprint density at radius 1 is 1.00 bits per heavy atom. The summed E-state index contributed by atoms with van der Waals surface area (Å²) in [6, 6.07) is 13.9. The van der Waals surface area contributed by atoms with Gasteiger partial charge in [-0.3, -0.25) is 4.98 Å². The van der Waals surface area contributed by atoms with Crippen molar-refractivity contribution in [2.24, 2.45) is 0 Å². The Bertz CT molecular complexity index is 868. The van der Waals surface area contributed by atoms with Gasteiger partial charge >= 0.3 is 0 Å². The summed E-state index contributed by atoms with van der Waals surface area (Å²) in [6.45, 7) is 0.466. The molecule has 1 unspecified atom stereocenters. The Balaban J connectivity index is 1.51. The van der Waals surface area contributed by atoms with Crippen LogP contribution < -0.4 is 5.32 Å². The number of rotatable bonds is 6. The fraction of sp³-hybridized carbons (Fsp3) is 0.286. The van der Waals surface area contributed by atoms with Crippen molar-refractivity contribution in [1.82, 2.24) is 15.0 Å². The lowest BCUT2D eigenvalue weighted by molar-refractivity contribution is 0.188. The van der Waals surface area contributed by atoms with Gasteiger partial charge in [0.05, 0.1) is 6.10 Å². The van der Waals surface area contributed by atoms with E-state index in [4.69, 9.17) is 9.97 Å². The van der Waals surface area contributed by atoms with Crippen LogP contribution in [0.1, 0.15) is 23.2 Å². The van der Waals surface area contributed by atoms with Crippen LogP contribution in [0.25, 0.3) is 11.4 Å². The van der Waals surface area contributed by atoms with E-state index in [0.717, 1.165) is 41.9 Å². The standard InChI is InChI=1S/C21H22N4O/c26-17(13-15-5-2-1-3-6-15)14-23-21-18-7-4-8-19(18)24-20(25-21)16-9-11-22-12-10-16/h1-3,5-6,9-12,17,26H,4,7-8,13-14H2,(H,23,24,25). The van der Waals surface area contributed by atoms with E-state index < -0.39 is 6.10 Å². The van der Waals surface area contributed by atoms with E-state index in [9.17, 15) is 5.11 Å². The molecule has 2 aromatic heterocycles. The molecule has 5 nitrogen and oxygen atoms in total. The van der Waals surface area contributed by atoms with Crippen LogP contribution in [0.15, 0.2) is 54.9 Å². The first-order chi connectivity index (χ1) is 12.8. The molecular formula is C21H22N4O. The molecule has 2 N–H and O–H groups in total. The molecule has 2 heterocycles. The van der Waals surface area contributed by atoms with Crippen molar-refractivity contribution in [2.45, 2.75) is 31.8 Å². The number of fused-ring (bicyclic) bond motifs is 1. The second-order valence-corrected chi connectivity index (χ2v) is 6.63. The minimum atomic E-state index is -0.464. The minimum absolute atomic E-state index is 0.464. The van der Waals surface area contributed by atoms with Crippen LogP contribution in [0.3, 0.4) is 0 Å². The molecule has 0 spiro atoms. The number of nitrogens with zero attached hydrogens (tertiary/aromatic N) is 3. The number of anilines is 1. The SMILES string of the molecule is OC(CNc1nc(-c2ccncc2)nc2c1CCC2)Cc1ccccc1. The van der Waals surface area contributed by atoms with E-state index in [1.807, 2.05) is 42.5 Å². The van der Waals surface area contributed by atoms with Gasteiger partial charge in [-0.05, 0) is 37.0 Å². The number of nitrogens with one attached hydrogen (secondary N) is 1. The number of aliphatic hydroxyl groups excluding tert-OH is 1. The summed E-state index contributed by atoms with van der Waals surface area (Å²) in [6.07, 6.45) is 6.74. The normalized spacial score (nSPS) is 14.0. The van der Waals surface area contributed by atoms with Crippen molar-refractivity contribution in [3.63, 3.8) is 0 Å². The van der Waals surface area contributed by atoms with E-state index in [0.29, 0.717) is 18.8 Å². The van der Waals surface area contributed by atoms with Crippen LogP contribution in [0.2, 0.25) is 0 Å². The largest absolute Gasteiger partial charge is 0.391 e. The first-order valence-corrected chi connectivity index (χ1v) is 9.05. The molecule has 0 amide bonds. The Morgan fingerprint density at radius 2 is 1.81 bits per heavy atom. The van der Waals surface area contributed by atoms with Crippen molar-refractivity contribution < 1.29 is 5.11 Å². The Kier molecular flexibility index (Phi) is 4.88. The summed E-state index contributed by atoms with van der Waals surface area (Å²) in [7, 11) is 0. The average Bonchev–Trinajstić information content (AvgIpc) is 3.16. The van der Waals surface area contributed by atoms with Gasteiger partial charge in [0.15, 0.2) is 5.82 Å². The summed E-state index contributed by atoms with van der Waals surface area (Å²) in [5.41, 5.74) is 4.40. The van der Waals surface area contributed by atoms with Gasteiger partial charge < -0.3 is 10.4 Å². The smallest absolute Gasteiger partial charge is 0.161 e. The number of pyridine rings is 1. The van der Waals surface area contributed by atoms with E-state index >= 15 is 0 Å². The van der Waals surface area contributed by atoms with Crippen molar-refractivity contribution in [3.8, 4) is 11.4 Å². The molecule has 1 aliphatic carbocycles. The van der Waals surface area contributed by atoms with E-state index in [1.54, 1.807) is 12.4 Å². The lowest BCUT2D eigenvalue weighted by Gasteiger charge is -2.15. The molecular weight excluding hydrogens is 324 g/mol. The minimum Gasteiger partial charge on any atom is -0.391 e. The zero-order valence-corrected chi connectivity index (χ0v) is 14.6. The molecule has 0 aliphatic heterocycles. The van der Waals surface area contributed by atoms with E-state index in [-0.39, 0.29) is 0 Å². The van der Waals surface area contributed by atoms with Crippen molar-refractivity contribution in [3.05, 3.63) is 71.7 Å². The molecule has 0 bridgehead atoms. The summed E-state index contributed by atoms with van der Waals surface area (Å²) < 4.78 is 0. The monoisotopic (exact) mass is 346 g/mol. The summed E-state index contributed by atoms with van der Waals surface area (Å²) >= 11 is 0. The van der Waals surface area contributed by atoms with Gasteiger partial charge in [-0.2, -0.15) is 0 Å². The predicted molar refractivity (Wildman–Crippen MR) is 102 cm³/mol. The molecule has 0 saturated carbocycles. The van der Waals surface area contributed by atoms with Crippen molar-refractivity contribution in [1.29, 1.82) is 0 Å². The van der Waals surface area contributed by atoms with Gasteiger partial charge in [-0.1, -0.05) is 30.3 Å². The van der Waals surface area contributed by atoms with Crippen LogP contribution in [-0.2, 0) is 19.3 Å². The third kappa shape index (κ3) is 3.73. The summed E-state index contributed by atoms with van der Waals surface area (Å²) in [5.74, 6) is 1.57. The van der Waals surface area contributed by atoms with Crippen molar-refractivity contribution >= 4 is 5.82 Å². The van der Waals surface area contributed by atoms with Crippen LogP contribution in [-0.4, -0.2) is 32.7 Å². The van der Waals surface area contributed by atoms with Crippen LogP contribution in [0.4, 0.5) is 5.82 Å². The van der Waals surface area contributed by atoms with Gasteiger partial charge in [0.2, 0.25) is 0 Å². The fourth-order valence-corrected chi connectivity index (χ4v) is 3.38. The van der Waals surface area contributed by atoms with Gasteiger partial charge in [-0.25, -0.2) is 9.97 Å². The highest BCUT2D eigenvalue weighted by Gasteiger charge is 2.20. The molecule has 0 radical (unpaired) electrons. The highest BCUT2D eigenvalue weighted by molar-refractivity contribution is 5.60. The number of aromatic nitrogens is 3. The van der Waals surface area contributed by atoms with Gasteiger partial charge in [-0.15, -0.1) is 0 Å². The maximum atomic E-state index is 10.4. The highest BCUT2D eigenvalue weighted by Crippen LogP contribution is 2.29. The third-order valence-electron chi connectivity index (χ3n) is 4.69. The molecule has 0 saturated heterocycles. The van der Waals surface area contributed by atoms with E-state index in [2.05, 4.69) is 10.3 Å². The summed E-state index contributed by atoms with van der Waals surface area (Å²) in [5, 5.41) is 13.7. The van der Waals surface area contributed by atoms with Gasteiger partial charge in [0, 0.05) is 42.2 Å². The topological polar surface area (TPSA) is 70.9 Å². The first-order valence-electron chi connectivity index (χ1n) is 9.05. The van der Waals surface area contributed by atoms with Gasteiger partial charge in [0.25, 0.3) is 0 Å². The molecule has 1 aliphatic rings. The lowest BCUT2D eigenvalue weighted by atomic mass is 10.1. The van der Waals surface area contributed by atoms with Crippen molar-refractivity contribution in [2.75, 3.05) is 11.9 Å². The molecule has 0 fully saturated rings. The maximum absolute atomic E-state index is 10.4. The highest BCUT2D eigenvalue weighted by atomic mass is 16.3. The zero-order chi connectivity index (χ0) is 17.8. The number of hydrogen-bond acceptors (Lipinski definition) is 5. The Hall–Kier alpha value is -2.79. The Morgan fingerprint density at radius 3 is 2.62 bits per heavy atom. The second kappa shape index (κ2) is 7.62. The fourth-order valence-electron chi connectivity index (χ4n) is 3.38. The maximum Gasteiger partial charge on any atom is 0.161 e. The number of aryl methyl sites for hydroxylation is 1. The number of benzene rings is 1. The number of aliphatic hydroxyl groups is 1. The van der Waals surface area contributed by atoms with Crippen LogP contribution >= 0.6 is 0 Å². The molecule has 1 aromatic carbocycles. The third-order valence-corrected chi connectivity index (χ3v) is 4.69. The van der Waals surface area contributed by atoms with Crippen LogP contribution in [0.5, 0.6) is 0 Å². The van der Waals surface area contributed by atoms with E-state index in [1.165, 1.54) is 5.56 Å². The Labute approximate surface area is 153 Å². The molecule has 132 valence electrons. The molecule has 1 atom stereocenters. The summed E-state index contributed by atoms with van der Waals surface area (Å²) in [4.78, 5) is 13.5. The zero-order valence-electron chi connectivity index (χ0n) is 14.6. The van der Waals surface area contributed by atoms with Gasteiger partial charge in [0.1, 0.15) is 5.82 Å². The first kappa shape index (κ1) is 16.7.